The third-order valence-electron chi connectivity index (χ3n) is 3.79. The van der Waals surface area contributed by atoms with Crippen LogP contribution in [0, 0.1) is 5.92 Å². The summed E-state index contributed by atoms with van der Waals surface area (Å²) >= 11 is 0. The summed E-state index contributed by atoms with van der Waals surface area (Å²) in [6.07, 6.45) is 6.03. The van der Waals surface area contributed by atoms with Crippen LogP contribution in [0.15, 0.2) is 18.3 Å². The van der Waals surface area contributed by atoms with Crippen LogP contribution in [-0.4, -0.2) is 24.2 Å². The molecule has 0 radical (unpaired) electrons. The molecule has 1 aliphatic carbocycles. The Kier molecular flexibility index (Phi) is 3.02. The molecule has 1 saturated carbocycles. The van der Waals surface area contributed by atoms with Gasteiger partial charge in [-0.1, -0.05) is 13.0 Å². The number of hydrogen-bond acceptors (Lipinski definition) is 3. The molecule has 92 valence electrons. The Morgan fingerprint density at radius 2 is 2.18 bits per heavy atom. The van der Waals surface area contributed by atoms with Crippen molar-refractivity contribution in [1.82, 2.24) is 10.3 Å². The second-order valence-corrected chi connectivity index (χ2v) is 5.33. The van der Waals surface area contributed by atoms with Crippen LogP contribution in [0.2, 0.25) is 0 Å². The molecule has 3 heteroatoms. The smallest absolute Gasteiger partial charge is 0.213 e. The number of piperidine rings is 1. The summed E-state index contributed by atoms with van der Waals surface area (Å²) in [6.45, 7) is 4.33. The zero-order valence-corrected chi connectivity index (χ0v) is 10.4. The van der Waals surface area contributed by atoms with E-state index in [-0.39, 0.29) is 0 Å². The van der Waals surface area contributed by atoms with Gasteiger partial charge in [-0.15, -0.1) is 0 Å². The van der Waals surface area contributed by atoms with Gasteiger partial charge in [-0.05, 0) is 37.3 Å². The Bertz CT molecular complexity index is 372. The quantitative estimate of drug-likeness (QED) is 0.868. The number of ether oxygens (including phenoxy) is 1. The molecular weight excluding hydrogens is 212 g/mol. The van der Waals surface area contributed by atoms with Crippen molar-refractivity contribution in [2.75, 3.05) is 13.1 Å². The molecular formula is C14H20N2O. The van der Waals surface area contributed by atoms with Gasteiger partial charge in [-0.25, -0.2) is 4.98 Å². The van der Waals surface area contributed by atoms with Crippen molar-refractivity contribution in [2.45, 2.75) is 38.2 Å². The number of nitrogens with one attached hydrogen (secondary N) is 1. The first-order chi connectivity index (χ1) is 8.33. The Morgan fingerprint density at radius 1 is 1.29 bits per heavy atom. The van der Waals surface area contributed by atoms with Crippen LogP contribution in [0.1, 0.15) is 37.7 Å². The summed E-state index contributed by atoms with van der Waals surface area (Å²) in [4.78, 5) is 4.43. The first-order valence-corrected chi connectivity index (χ1v) is 6.66. The van der Waals surface area contributed by atoms with Gasteiger partial charge in [0, 0.05) is 24.7 Å². The average molecular weight is 232 g/mol. The Morgan fingerprint density at radius 3 is 2.82 bits per heavy atom. The SMILES string of the molecule is CC1CNCCC1Oc1ccc(C2CC2)cn1. The maximum atomic E-state index is 5.97. The minimum atomic E-state index is 0.315. The van der Waals surface area contributed by atoms with E-state index < -0.39 is 0 Å². The van der Waals surface area contributed by atoms with E-state index in [0.717, 1.165) is 31.3 Å². The lowest BCUT2D eigenvalue weighted by molar-refractivity contribution is 0.107. The zero-order chi connectivity index (χ0) is 11.7. The molecule has 3 rings (SSSR count). The third kappa shape index (κ3) is 2.60. The van der Waals surface area contributed by atoms with E-state index in [1.54, 1.807) is 0 Å². The standard InChI is InChI=1S/C14H20N2O/c1-10-8-15-7-6-13(10)17-14-5-4-12(9-16-14)11-2-3-11/h4-5,9-11,13,15H,2-3,6-8H2,1H3. The molecule has 2 heterocycles. The van der Waals surface area contributed by atoms with Crippen molar-refractivity contribution in [1.29, 1.82) is 0 Å². The molecule has 17 heavy (non-hydrogen) atoms. The van der Waals surface area contributed by atoms with Gasteiger partial charge in [-0.2, -0.15) is 0 Å². The Labute approximate surface area is 103 Å². The molecule has 3 nitrogen and oxygen atoms in total. The van der Waals surface area contributed by atoms with Gasteiger partial charge in [0.1, 0.15) is 6.10 Å². The van der Waals surface area contributed by atoms with Crippen LogP contribution in [-0.2, 0) is 0 Å². The van der Waals surface area contributed by atoms with Crippen molar-refractivity contribution in [3.63, 3.8) is 0 Å². The lowest BCUT2D eigenvalue weighted by Crippen LogP contribution is -2.41. The molecule has 0 bridgehead atoms. The maximum Gasteiger partial charge on any atom is 0.213 e. The second-order valence-electron chi connectivity index (χ2n) is 5.33. The van der Waals surface area contributed by atoms with Crippen LogP contribution in [0.5, 0.6) is 5.88 Å². The van der Waals surface area contributed by atoms with E-state index in [1.807, 2.05) is 12.3 Å². The lowest BCUT2D eigenvalue weighted by Gasteiger charge is -2.29. The monoisotopic (exact) mass is 232 g/mol. The topological polar surface area (TPSA) is 34.1 Å². The zero-order valence-electron chi connectivity index (χ0n) is 10.4. The summed E-state index contributed by atoms with van der Waals surface area (Å²) < 4.78 is 5.97. The van der Waals surface area contributed by atoms with Crippen LogP contribution in [0.25, 0.3) is 0 Å². The second kappa shape index (κ2) is 4.65. The van der Waals surface area contributed by atoms with E-state index in [2.05, 4.69) is 23.3 Å². The number of nitrogens with zero attached hydrogens (tertiary/aromatic N) is 1. The third-order valence-corrected chi connectivity index (χ3v) is 3.79. The van der Waals surface area contributed by atoms with E-state index in [1.165, 1.54) is 18.4 Å². The Hall–Kier alpha value is -1.09. The Balaban J connectivity index is 1.63. The number of hydrogen-bond donors (Lipinski definition) is 1. The van der Waals surface area contributed by atoms with Crippen molar-refractivity contribution in [3.8, 4) is 5.88 Å². The van der Waals surface area contributed by atoms with Crippen LogP contribution in [0.3, 0.4) is 0 Å². The molecule has 2 aliphatic rings. The molecule has 0 aromatic carbocycles. The average Bonchev–Trinajstić information content (AvgIpc) is 3.17. The van der Waals surface area contributed by atoms with Crippen LogP contribution in [0.4, 0.5) is 0 Å². The first kappa shape index (κ1) is 11.0. The van der Waals surface area contributed by atoms with E-state index in [9.17, 15) is 0 Å². The molecule has 0 spiro atoms. The van der Waals surface area contributed by atoms with Crippen molar-refractivity contribution in [2.24, 2.45) is 5.92 Å². The summed E-state index contributed by atoms with van der Waals surface area (Å²) in [5.41, 5.74) is 1.37. The van der Waals surface area contributed by atoms with Gasteiger partial charge in [0.2, 0.25) is 5.88 Å². The fraction of sp³-hybridized carbons (Fsp3) is 0.643. The predicted molar refractivity (Wildman–Crippen MR) is 67.3 cm³/mol. The van der Waals surface area contributed by atoms with Crippen molar-refractivity contribution in [3.05, 3.63) is 23.9 Å². The normalized spacial score (nSPS) is 29.0. The highest BCUT2D eigenvalue weighted by molar-refractivity contribution is 5.24. The molecule has 1 aliphatic heterocycles. The van der Waals surface area contributed by atoms with Crippen LogP contribution < -0.4 is 10.1 Å². The number of aromatic nitrogens is 1. The molecule has 1 aromatic heterocycles. The number of pyridine rings is 1. The highest BCUT2D eigenvalue weighted by atomic mass is 16.5. The molecule has 0 amide bonds. The maximum absolute atomic E-state index is 5.97. The molecule has 2 fully saturated rings. The summed E-state index contributed by atoms with van der Waals surface area (Å²) in [5.74, 6) is 2.12. The summed E-state index contributed by atoms with van der Waals surface area (Å²) in [6, 6.07) is 4.20. The van der Waals surface area contributed by atoms with Gasteiger partial charge in [0.15, 0.2) is 0 Å². The number of rotatable bonds is 3. The van der Waals surface area contributed by atoms with Gasteiger partial charge < -0.3 is 10.1 Å². The first-order valence-electron chi connectivity index (χ1n) is 6.66. The molecule has 2 atom stereocenters. The van der Waals surface area contributed by atoms with Crippen molar-refractivity contribution >= 4 is 0 Å². The van der Waals surface area contributed by atoms with Crippen molar-refractivity contribution < 1.29 is 4.74 Å². The van der Waals surface area contributed by atoms with E-state index in [0.29, 0.717) is 12.0 Å². The van der Waals surface area contributed by atoms with Gasteiger partial charge in [0.05, 0.1) is 0 Å². The van der Waals surface area contributed by atoms with E-state index >= 15 is 0 Å². The van der Waals surface area contributed by atoms with Gasteiger partial charge in [-0.3, -0.25) is 0 Å². The summed E-state index contributed by atoms with van der Waals surface area (Å²) in [5, 5.41) is 3.38. The van der Waals surface area contributed by atoms with Crippen LogP contribution >= 0.6 is 0 Å². The predicted octanol–water partition coefficient (Wildman–Crippen LogP) is 2.34. The van der Waals surface area contributed by atoms with E-state index in [4.69, 9.17) is 4.74 Å². The van der Waals surface area contributed by atoms with Gasteiger partial charge in [0.25, 0.3) is 0 Å². The molecule has 2 unspecified atom stereocenters. The highest BCUT2D eigenvalue weighted by Crippen LogP contribution is 2.39. The van der Waals surface area contributed by atoms with Gasteiger partial charge >= 0.3 is 0 Å². The molecule has 1 N–H and O–H groups in total. The minimum absolute atomic E-state index is 0.315. The molecule has 1 saturated heterocycles. The highest BCUT2D eigenvalue weighted by Gasteiger charge is 2.25. The fourth-order valence-electron chi connectivity index (χ4n) is 2.44. The molecule has 1 aromatic rings. The lowest BCUT2D eigenvalue weighted by atomic mass is 9.98. The minimum Gasteiger partial charge on any atom is -0.474 e. The fourth-order valence-corrected chi connectivity index (χ4v) is 2.44. The summed E-state index contributed by atoms with van der Waals surface area (Å²) in [7, 11) is 0. The largest absolute Gasteiger partial charge is 0.474 e.